The van der Waals surface area contributed by atoms with Gasteiger partial charge in [0, 0.05) is 12.1 Å². The van der Waals surface area contributed by atoms with Gasteiger partial charge in [-0.2, -0.15) is 0 Å². The minimum absolute atomic E-state index is 0.175. The molecule has 0 radical (unpaired) electrons. The second-order valence-electron chi connectivity index (χ2n) is 9.57. The normalized spacial score (nSPS) is 20.9. The van der Waals surface area contributed by atoms with E-state index in [2.05, 4.69) is 33.3 Å². The number of para-hydroxylation sites is 1. The van der Waals surface area contributed by atoms with Gasteiger partial charge in [0.05, 0.1) is 13.2 Å². The molecule has 1 aliphatic heterocycles. The van der Waals surface area contributed by atoms with Crippen LogP contribution in [0, 0.1) is 0 Å². The highest BCUT2D eigenvalue weighted by atomic mass is 16.6. The van der Waals surface area contributed by atoms with Gasteiger partial charge >= 0.3 is 0 Å². The molecule has 2 aromatic carbocycles. The molecule has 6 N–H and O–H groups in total. The Morgan fingerprint density at radius 1 is 1.05 bits per heavy atom. The standard InChI is InChI=1S/C28H34N6O5/c1-2-3-6-13-38-20-8-5-4-7-19(20)18-11-9-17(10-12-18)14-30-28-33-22-25(29)31-16-32-26(22)34(28)27-24(37)23(36)21(15-35)39-27/h4-5,7-12,16,21,23-24,27,35-37H,2-3,6,13-15H2,1H3,(H,30,33)(H2,29,31,32)/t21-,23-,24-,27-/m1/s1. The Morgan fingerprint density at radius 2 is 1.85 bits per heavy atom. The number of nitrogens with one attached hydrogen (secondary N) is 1. The van der Waals surface area contributed by atoms with Gasteiger partial charge < -0.3 is 35.8 Å². The van der Waals surface area contributed by atoms with E-state index in [1.54, 1.807) is 0 Å². The van der Waals surface area contributed by atoms with Crippen LogP contribution in [-0.2, 0) is 11.3 Å². The molecule has 0 bridgehead atoms. The van der Waals surface area contributed by atoms with Crippen molar-refractivity contribution in [3.05, 3.63) is 60.4 Å². The second-order valence-corrected chi connectivity index (χ2v) is 9.57. The van der Waals surface area contributed by atoms with Crippen LogP contribution in [0.2, 0.25) is 0 Å². The van der Waals surface area contributed by atoms with E-state index in [9.17, 15) is 15.3 Å². The van der Waals surface area contributed by atoms with E-state index in [-0.39, 0.29) is 5.82 Å². The number of unbranched alkanes of at least 4 members (excludes halogenated alkanes) is 2. The number of anilines is 2. The lowest BCUT2D eigenvalue weighted by Gasteiger charge is -2.19. The minimum Gasteiger partial charge on any atom is -0.493 e. The number of nitrogen functional groups attached to an aromatic ring is 1. The Labute approximate surface area is 226 Å². The van der Waals surface area contributed by atoms with Crippen LogP contribution < -0.4 is 15.8 Å². The van der Waals surface area contributed by atoms with E-state index in [4.69, 9.17) is 15.2 Å². The zero-order valence-corrected chi connectivity index (χ0v) is 21.8. The van der Waals surface area contributed by atoms with Crippen molar-refractivity contribution in [2.75, 3.05) is 24.3 Å². The summed E-state index contributed by atoms with van der Waals surface area (Å²) in [6.07, 6.45) is 0.0683. The zero-order chi connectivity index (χ0) is 27.4. The van der Waals surface area contributed by atoms with Gasteiger partial charge in [0.2, 0.25) is 5.95 Å². The number of benzene rings is 2. The van der Waals surface area contributed by atoms with E-state index in [1.165, 1.54) is 10.9 Å². The maximum atomic E-state index is 10.7. The molecule has 0 saturated carbocycles. The molecule has 0 aliphatic carbocycles. The van der Waals surface area contributed by atoms with Gasteiger partial charge in [-0.15, -0.1) is 0 Å². The maximum Gasteiger partial charge on any atom is 0.207 e. The number of aliphatic hydroxyl groups excluding tert-OH is 3. The average molecular weight is 535 g/mol. The predicted octanol–water partition coefficient (Wildman–Crippen LogP) is 2.87. The summed E-state index contributed by atoms with van der Waals surface area (Å²) in [4.78, 5) is 12.8. The van der Waals surface area contributed by atoms with Crippen molar-refractivity contribution in [2.45, 2.75) is 57.3 Å². The molecule has 206 valence electrons. The summed E-state index contributed by atoms with van der Waals surface area (Å²) in [5.41, 5.74) is 9.78. The number of ether oxygens (including phenoxy) is 2. The molecule has 3 heterocycles. The Kier molecular flexibility index (Phi) is 8.22. The van der Waals surface area contributed by atoms with Crippen molar-refractivity contribution < 1.29 is 24.8 Å². The van der Waals surface area contributed by atoms with E-state index < -0.39 is 31.1 Å². The third-order valence-electron chi connectivity index (χ3n) is 6.89. The van der Waals surface area contributed by atoms with Crippen LogP contribution in [-0.4, -0.2) is 66.4 Å². The summed E-state index contributed by atoms with van der Waals surface area (Å²) in [6, 6.07) is 16.2. The number of hydrogen-bond acceptors (Lipinski definition) is 10. The first-order chi connectivity index (χ1) is 19.0. The number of aromatic nitrogens is 4. The first kappa shape index (κ1) is 26.8. The lowest BCUT2D eigenvalue weighted by Crippen LogP contribution is -2.33. The van der Waals surface area contributed by atoms with E-state index >= 15 is 0 Å². The van der Waals surface area contributed by atoms with Gasteiger partial charge in [-0.1, -0.05) is 62.2 Å². The molecule has 11 heteroatoms. The summed E-state index contributed by atoms with van der Waals surface area (Å²) < 4.78 is 13.3. The Balaban J connectivity index is 1.36. The molecule has 2 aromatic heterocycles. The van der Waals surface area contributed by atoms with E-state index in [0.717, 1.165) is 41.7 Å². The fourth-order valence-electron chi connectivity index (χ4n) is 4.73. The van der Waals surface area contributed by atoms with Crippen molar-refractivity contribution in [3.63, 3.8) is 0 Å². The third kappa shape index (κ3) is 5.52. The van der Waals surface area contributed by atoms with E-state index in [0.29, 0.717) is 30.3 Å². The Hall–Kier alpha value is -3.77. The highest BCUT2D eigenvalue weighted by Gasteiger charge is 2.45. The number of rotatable bonds is 11. The molecule has 5 rings (SSSR count). The summed E-state index contributed by atoms with van der Waals surface area (Å²) >= 11 is 0. The number of fused-ring (bicyclic) bond motifs is 1. The first-order valence-electron chi connectivity index (χ1n) is 13.2. The summed E-state index contributed by atoms with van der Waals surface area (Å²) in [5.74, 6) is 1.38. The molecular formula is C28H34N6O5. The molecule has 0 spiro atoms. The van der Waals surface area contributed by atoms with Gasteiger partial charge in [-0.05, 0) is 23.6 Å². The SMILES string of the molecule is CCCCCOc1ccccc1-c1ccc(CNc2nc3c(N)ncnc3n2[C@@H]2O[C@H](CO)[C@@H](O)[C@H]2O)cc1. The molecule has 39 heavy (non-hydrogen) atoms. The van der Waals surface area contributed by atoms with Crippen molar-refractivity contribution in [1.82, 2.24) is 19.5 Å². The average Bonchev–Trinajstić information content (AvgIpc) is 3.47. The number of aliphatic hydroxyl groups is 3. The smallest absolute Gasteiger partial charge is 0.207 e. The van der Waals surface area contributed by atoms with Gasteiger partial charge in [-0.3, -0.25) is 4.57 Å². The van der Waals surface area contributed by atoms with Crippen molar-refractivity contribution in [3.8, 4) is 16.9 Å². The fourth-order valence-corrected chi connectivity index (χ4v) is 4.73. The molecule has 4 aromatic rings. The largest absolute Gasteiger partial charge is 0.493 e. The number of imidazole rings is 1. The zero-order valence-electron chi connectivity index (χ0n) is 21.8. The lowest BCUT2D eigenvalue weighted by molar-refractivity contribution is -0.0501. The van der Waals surface area contributed by atoms with Crippen molar-refractivity contribution in [1.29, 1.82) is 0 Å². The topological polar surface area (TPSA) is 161 Å². The fraction of sp³-hybridized carbons (Fsp3) is 0.393. The Morgan fingerprint density at radius 3 is 2.59 bits per heavy atom. The summed E-state index contributed by atoms with van der Waals surface area (Å²) in [6.45, 7) is 2.83. The highest BCUT2D eigenvalue weighted by molar-refractivity contribution is 5.84. The molecule has 1 aliphatic rings. The van der Waals surface area contributed by atoms with Crippen LogP contribution in [0.15, 0.2) is 54.9 Å². The predicted molar refractivity (Wildman–Crippen MR) is 147 cm³/mol. The van der Waals surface area contributed by atoms with Gasteiger partial charge in [0.1, 0.15) is 30.4 Å². The van der Waals surface area contributed by atoms with Crippen LogP contribution in [0.1, 0.15) is 38.0 Å². The maximum absolute atomic E-state index is 10.7. The van der Waals surface area contributed by atoms with Gasteiger partial charge in [0.15, 0.2) is 23.2 Å². The molecule has 0 unspecified atom stereocenters. The number of hydrogen-bond donors (Lipinski definition) is 5. The first-order valence-corrected chi connectivity index (χ1v) is 13.2. The van der Waals surface area contributed by atoms with Crippen LogP contribution in [0.5, 0.6) is 5.75 Å². The van der Waals surface area contributed by atoms with Crippen molar-refractivity contribution in [2.24, 2.45) is 0 Å². The summed E-state index contributed by atoms with van der Waals surface area (Å²) in [7, 11) is 0. The molecule has 1 saturated heterocycles. The molecule has 11 nitrogen and oxygen atoms in total. The van der Waals surface area contributed by atoms with Crippen LogP contribution in [0.25, 0.3) is 22.3 Å². The molecular weight excluding hydrogens is 500 g/mol. The second kappa shape index (κ2) is 12.0. The van der Waals surface area contributed by atoms with Crippen LogP contribution in [0.4, 0.5) is 11.8 Å². The van der Waals surface area contributed by atoms with Crippen molar-refractivity contribution >= 4 is 22.9 Å². The van der Waals surface area contributed by atoms with E-state index in [1.807, 2.05) is 42.5 Å². The van der Waals surface area contributed by atoms with Gasteiger partial charge in [0.25, 0.3) is 0 Å². The van der Waals surface area contributed by atoms with Crippen LogP contribution in [0.3, 0.4) is 0 Å². The monoisotopic (exact) mass is 534 g/mol. The molecule has 4 atom stereocenters. The molecule has 0 amide bonds. The van der Waals surface area contributed by atoms with Gasteiger partial charge in [-0.25, -0.2) is 15.0 Å². The highest BCUT2D eigenvalue weighted by Crippen LogP contribution is 2.35. The third-order valence-corrected chi connectivity index (χ3v) is 6.89. The van der Waals surface area contributed by atoms with Crippen LogP contribution >= 0.6 is 0 Å². The summed E-state index contributed by atoms with van der Waals surface area (Å²) in [5, 5.41) is 33.8. The number of nitrogens with zero attached hydrogens (tertiary/aromatic N) is 4. The lowest BCUT2D eigenvalue weighted by atomic mass is 10.0. The Bertz CT molecular complexity index is 1400. The molecule has 1 fully saturated rings. The number of nitrogens with two attached hydrogens (primary N) is 1. The minimum atomic E-state index is -1.31. The quantitative estimate of drug-likeness (QED) is 0.181.